The smallest absolute Gasteiger partial charge is 0.290 e. The molecule has 0 saturated carbocycles. The average molecular weight is 387 g/mol. The van der Waals surface area contributed by atoms with Gasteiger partial charge in [0.2, 0.25) is 0 Å². The van der Waals surface area contributed by atoms with E-state index in [1.807, 2.05) is 13.8 Å². The highest BCUT2D eigenvalue weighted by Crippen LogP contribution is 2.32. The predicted octanol–water partition coefficient (Wildman–Crippen LogP) is 2.66. The highest BCUT2D eigenvalue weighted by molar-refractivity contribution is 5.92. The van der Waals surface area contributed by atoms with Crippen molar-refractivity contribution in [2.45, 2.75) is 19.9 Å². The number of anilines is 1. The Bertz CT molecular complexity index is 956. The maximum Gasteiger partial charge on any atom is 0.290 e. The van der Waals surface area contributed by atoms with Crippen molar-refractivity contribution in [3.05, 3.63) is 46.8 Å². The number of rotatable bonds is 6. The Morgan fingerprint density at radius 3 is 2.61 bits per heavy atom. The van der Waals surface area contributed by atoms with Crippen molar-refractivity contribution in [2.75, 3.05) is 11.9 Å². The number of aliphatic hydroxyl groups excluding tert-OH is 1. The molecule has 3 rings (SSSR count). The number of carboxylic acid groups (broad SMARTS) is 1. The summed E-state index contributed by atoms with van der Waals surface area (Å²) in [5.74, 6) is 0.794. The number of nitro benzene ring substituents is 1. The van der Waals surface area contributed by atoms with Gasteiger partial charge in [0.15, 0.2) is 0 Å². The first-order chi connectivity index (χ1) is 13.4. The molecular formula is C18H21N5O5. The molecule has 2 heterocycles. The number of carbonyl (C=O) groups is 1. The summed E-state index contributed by atoms with van der Waals surface area (Å²) in [7, 11) is 0. The van der Waals surface area contributed by atoms with Crippen LogP contribution in [0.3, 0.4) is 0 Å². The van der Waals surface area contributed by atoms with Gasteiger partial charge in [-0.3, -0.25) is 14.9 Å². The molecule has 28 heavy (non-hydrogen) atoms. The Labute approximate surface area is 160 Å². The summed E-state index contributed by atoms with van der Waals surface area (Å²) in [6.07, 6.45) is 1.42. The van der Waals surface area contributed by atoms with Crippen LogP contribution in [0.4, 0.5) is 11.5 Å². The quantitative estimate of drug-likeness (QED) is 0.286. The van der Waals surface area contributed by atoms with Gasteiger partial charge in [0.25, 0.3) is 12.2 Å². The third-order valence-corrected chi connectivity index (χ3v) is 4.14. The van der Waals surface area contributed by atoms with Gasteiger partial charge in [-0.25, -0.2) is 9.97 Å². The van der Waals surface area contributed by atoms with Gasteiger partial charge in [-0.05, 0) is 18.1 Å². The number of para-hydroxylation sites is 1. The monoisotopic (exact) mass is 387 g/mol. The molecule has 0 unspecified atom stereocenters. The van der Waals surface area contributed by atoms with Crippen molar-refractivity contribution in [1.82, 2.24) is 15.0 Å². The minimum atomic E-state index is -0.410. The van der Waals surface area contributed by atoms with E-state index in [4.69, 9.17) is 9.90 Å². The fourth-order valence-electron chi connectivity index (χ4n) is 2.66. The Morgan fingerprint density at radius 2 is 2.00 bits per heavy atom. The van der Waals surface area contributed by atoms with Crippen molar-refractivity contribution in [3.8, 4) is 11.3 Å². The second-order valence-corrected chi connectivity index (χ2v) is 6.22. The van der Waals surface area contributed by atoms with Crippen LogP contribution in [-0.4, -0.2) is 49.2 Å². The zero-order valence-corrected chi connectivity index (χ0v) is 15.4. The van der Waals surface area contributed by atoms with Gasteiger partial charge in [-0.2, -0.15) is 0 Å². The highest BCUT2D eigenvalue weighted by Gasteiger charge is 2.19. The minimum Gasteiger partial charge on any atom is -0.483 e. The topological polar surface area (TPSA) is 154 Å². The van der Waals surface area contributed by atoms with E-state index in [2.05, 4.69) is 20.3 Å². The number of hydrogen-bond acceptors (Lipinski definition) is 7. The first-order valence-electron chi connectivity index (χ1n) is 8.45. The largest absolute Gasteiger partial charge is 0.483 e. The third-order valence-electron chi connectivity index (χ3n) is 4.14. The molecule has 10 nitrogen and oxygen atoms in total. The lowest BCUT2D eigenvalue weighted by atomic mass is 10.1. The van der Waals surface area contributed by atoms with Crippen LogP contribution in [0, 0.1) is 16.0 Å². The lowest BCUT2D eigenvalue weighted by Crippen LogP contribution is -2.29. The molecule has 148 valence electrons. The Kier molecular flexibility index (Phi) is 6.99. The van der Waals surface area contributed by atoms with Crippen molar-refractivity contribution in [1.29, 1.82) is 0 Å². The summed E-state index contributed by atoms with van der Waals surface area (Å²) in [5.41, 5.74) is 1.67. The van der Waals surface area contributed by atoms with E-state index >= 15 is 0 Å². The van der Waals surface area contributed by atoms with Gasteiger partial charge >= 0.3 is 0 Å². The molecule has 3 aromatic rings. The van der Waals surface area contributed by atoms with E-state index in [0.29, 0.717) is 22.7 Å². The van der Waals surface area contributed by atoms with Gasteiger partial charge in [0.05, 0.1) is 34.2 Å². The van der Waals surface area contributed by atoms with E-state index in [0.717, 1.165) is 5.39 Å². The van der Waals surface area contributed by atoms with Crippen LogP contribution in [0.15, 0.2) is 36.7 Å². The van der Waals surface area contributed by atoms with Gasteiger partial charge in [0, 0.05) is 6.07 Å². The van der Waals surface area contributed by atoms with Crippen molar-refractivity contribution in [3.63, 3.8) is 0 Å². The number of aliphatic hydroxyl groups is 1. The lowest BCUT2D eigenvalue weighted by molar-refractivity contribution is -0.384. The molecule has 0 amide bonds. The molecular weight excluding hydrogens is 366 g/mol. The minimum absolute atomic E-state index is 0.0203. The molecule has 0 aliphatic carbocycles. The van der Waals surface area contributed by atoms with Crippen molar-refractivity contribution < 1.29 is 19.9 Å². The maximum atomic E-state index is 11.3. The van der Waals surface area contributed by atoms with Crippen LogP contribution in [-0.2, 0) is 4.79 Å². The Morgan fingerprint density at radius 1 is 1.32 bits per heavy atom. The molecule has 0 aliphatic heterocycles. The van der Waals surface area contributed by atoms with Gasteiger partial charge < -0.3 is 20.5 Å². The zero-order valence-electron chi connectivity index (χ0n) is 15.4. The molecule has 4 N–H and O–H groups in total. The number of benzene rings is 1. The van der Waals surface area contributed by atoms with Crippen LogP contribution in [0.25, 0.3) is 22.3 Å². The second-order valence-electron chi connectivity index (χ2n) is 6.22. The predicted molar refractivity (Wildman–Crippen MR) is 104 cm³/mol. The van der Waals surface area contributed by atoms with Gasteiger partial charge in [-0.1, -0.05) is 26.0 Å². The van der Waals surface area contributed by atoms with Crippen LogP contribution in [0.2, 0.25) is 0 Å². The van der Waals surface area contributed by atoms with E-state index < -0.39 is 4.92 Å². The number of nitrogens with one attached hydrogen (secondary N) is 2. The molecule has 0 saturated heterocycles. The van der Waals surface area contributed by atoms with E-state index in [-0.39, 0.29) is 30.7 Å². The first kappa shape index (κ1) is 20.8. The lowest BCUT2D eigenvalue weighted by Gasteiger charge is -2.20. The zero-order chi connectivity index (χ0) is 20.7. The molecule has 1 aromatic carbocycles. The number of nitrogens with zero attached hydrogens (tertiary/aromatic N) is 3. The summed E-state index contributed by atoms with van der Waals surface area (Å²) in [4.78, 5) is 30.8. The number of hydrogen-bond donors (Lipinski definition) is 4. The van der Waals surface area contributed by atoms with Crippen molar-refractivity contribution in [2.24, 2.45) is 5.92 Å². The van der Waals surface area contributed by atoms with Crippen LogP contribution < -0.4 is 5.32 Å². The fraction of sp³-hybridized carbons (Fsp3) is 0.278. The summed E-state index contributed by atoms with van der Waals surface area (Å²) >= 11 is 0. The normalized spacial score (nSPS) is 11.6. The Hall–Kier alpha value is -3.53. The third kappa shape index (κ3) is 4.60. The molecule has 1 atom stereocenters. The molecule has 0 radical (unpaired) electrons. The summed E-state index contributed by atoms with van der Waals surface area (Å²) in [6, 6.07) is 8.17. The number of aromatic amines is 1. The first-order valence-corrected chi connectivity index (χ1v) is 8.45. The molecule has 0 aliphatic rings. The second kappa shape index (κ2) is 9.42. The molecule has 0 spiro atoms. The average Bonchev–Trinajstić information content (AvgIpc) is 3.11. The van der Waals surface area contributed by atoms with Gasteiger partial charge in [0.1, 0.15) is 17.8 Å². The standard InChI is InChI=1S/C17H19N5O3.CH2O2/c1-10(2)14(8-23)21-17-12-7-13(20-16(12)18-9-19-17)11-5-3-4-6-15(11)22(24)25;2-1-3/h3-7,9-10,14,23H,8H2,1-2H3,(H2,18,19,20,21);1H,(H,2,3)/t14-;/m0./s1. The Balaban J connectivity index is 0.000000878. The molecule has 10 heteroatoms. The van der Waals surface area contributed by atoms with E-state index in [1.165, 1.54) is 12.4 Å². The maximum absolute atomic E-state index is 11.3. The number of fused-ring (bicyclic) bond motifs is 1. The summed E-state index contributed by atoms with van der Waals surface area (Å²) in [5, 5.41) is 31.6. The fourth-order valence-corrected chi connectivity index (χ4v) is 2.66. The SMILES string of the molecule is CC(C)[C@H](CO)Nc1ncnc2[nH]c(-c3ccccc3[N+](=O)[O-])cc12.O=CO. The van der Waals surface area contributed by atoms with Gasteiger partial charge in [-0.15, -0.1) is 0 Å². The highest BCUT2D eigenvalue weighted by atomic mass is 16.6. The van der Waals surface area contributed by atoms with E-state index in [1.54, 1.807) is 24.3 Å². The van der Waals surface area contributed by atoms with Crippen LogP contribution in [0.5, 0.6) is 0 Å². The number of H-pyrrole nitrogens is 1. The summed E-state index contributed by atoms with van der Waals surface area (Å²) < 4.78 is 0. The molecule has 0 fully saturated rings. The van der Waals surface area contributed by atoms with E-state index in [9.17, 15) is 15.2 Å². The van der Waals surface area contributed by atoms with Crippen LogP contribution in [0.1, 0.15) is 13.8 Å². The molecule has 2 aromatic heterocycles. The van der Waals surface area contributed by atoms with Crippen molar-refractivity contribution >= 4 is 29.0 Å². The summed E-state index contributed by atoms with van der Waals surface area (Å²) in [6.45, 7) is 3.73. The molecule has 0 bridgehead atoms. The van der Waals surface area contributed by atoms with Crippen LogP contribution >= 0.6 is 0 Å². The number of aromatic nitrogens is 3. The number of nitro groups is 1.